The van der Waals surface area contributed by atoms with Crippen molar-refractivity contribution in [2.45, 2.75) is 39.8 Å². The van der Waals surface area contributed by atoms with Gasteiger partial charge in [-0.05, 0) is 37.0 Å². The first-order valence-electron chi connectivity index (χ1n) is 7.09. The van der Waals surface area contributed by atoms with Gasteiger partial charge in [-0.1, -0.05) is 26.0 Å². The molecule has 1 aromatic rings. The molecule has 0 radical (unpaired) electrons. The molecule has 0 aliphatic carbocycles. The average Bonchev–Trinajstić information content (AvgIpc) is 2.43. The molecule has 0 aliphatic rings. The number of nitrogens with one attached hydrogen (secondary N) is 1. The molecule has 20 heavy (non-hydrogen) atoms. The summed E-state index contributed by atoms with van der Waals surface area (Å²) >= 11 is 0. The molecule has 0 heterocycles. The first-order chi connectivity index (χ1) is 9.56. The molecule has 1 atom stereocenters. The van der Waals surface area contributed by atoms with Gasteiger partial charge < -0.3 is 14.8 Å². The zero-order valence-electron chi connectivity index (χ0n) is 12.8. The highest BCUT2D eigenvalue weighted by Gasteiger charge is 2.19. The maximum absolute atomic E-state index is 11.7. The van der Waals surface area contributed by atoms with Gasteiger partial charge in [0.05, 0.1) is 13.7 Å². The highest BCUT2D eigenvalue weighted by molar-refractivity contribution is 5.75. The topological polar surface area (TPSA) is 47.6 Å². The van der Waals surface area contributed by atoms with Gasteiger partial charge in [0.15, 0.2) is 0 Å². The minimum absolute atomic E-state index is 0.209. The van der Waals surface area contributed by atoms with E-state index < -0.39 is 0 Å². The van der Waals surface area contributed by atoms with E-state index in [-0.39, 0.29) is 12.0 Å². The quantitative estimate of drug-likeness (QED) is 0.743. The fourth-order valence-electron chi connectivity index (χ4n) is 2.03. The van der Waals surface area contributed by atoms with Crippen LogP contribution < -0.4 is 10.1 Å². The van der Waals surface area contributed by atoms with Crippen molar-refractivity contribution in [1.29, 1.82) is 0 Å². The van der Waals surface area contributed by atoms with Gasteiger partial charge in [0.1, 0.15) is 11.8 Å². The van der Waals surface area contributed by atoms with Gasteiger partial charge in [-0.25, -0.2) is 0 Å². The molecule has 4 heteroatoms. The second-order valence-corrected chi connectivity index (χ2v) is 5.17. The number of rotatable bonds is 8. The molecule has 1 N–H and O–H groups in total. The first kappa shape index (κ1) is 16.5. The van der Waals surface area contributed by atoms with Crippen molar-refractivity contribution in [3.05, 3.63) is 29.8 Å². The van der Waals surface area contributed by atoms with Crippen LogP contribution in [0, 0.1) is 5.92 Å². The maximum Gasteiger partial charge on any atom is 0.322 e. The second-order valence-electron chi connectivity index (χ2n) is 5.17. The molecule has 0 amide bonds. The number of carbonyl (C=O) groups excluding carboxylic acids is 1. The molecule has 4 nitrogen and oxygen atoms in total. The van der Waals surface area contributed by atoms with E-state index in [9.17, 15) is 4.79 Å². The Balaban J connectivity index is 2.62. The van der Waals surface area contributed by atoms with E-state index in [1.54, 1.807) is 0 Å². The third-order valence-corrected chi connectivity index (χ3v) is 2.95. The summed E-state index contributed by atoms with van der Waals surface area (Å²) in [5.41, 5.74) is 1.09. The summed E-state index contributed by atoms with van der Waals surface area (Å²) in [6.45, 7) is 7.41. The lowest BCUT2D eigenvalue weighted by molar-refractivity contribution is -0.143. The van der Waals surface area contributed by atoms with Crippen LogP contribution in [0.15, 0.2) is 24.3 Å². The number of ether oxygens (including phenoxy) is 2. The lowest BCUT2D eigenvalue weighted by Gasteiger charge is -2.18. The molecule has 0 saturated carbocycles. The monoisotopic (exact) mass is 279 g/mol. The number of benzene rings is 1. The Kier molecular flexibility index (Phi) is 7.09. The molecule has 1 unspecified atom stereocenters. The second kappa shape index (κ2) is 8.59. The summed E-state index contributed by atoms with van der Waals surface area (Å²) in [7, 11) is 1.42. The predicted octanol–water partition coefficient (Wildman–Crippen LogP) is 2.76. The van der Waals surface area contributed by atoms with Gasteiger partial charge in [0.2, 0.25) is 0 Å². The molecule has 0 bridgehead atoms. The van der Waals surface area contributed by atoms with Crippen LogP contribution in [0.2, 0.25) is 0 Å². The Morgan fingerprint density at radius 3 is 2.70 bits per heavy atom. The van der Waals surface area contributed by atoms with Crippen molar-refractivity contribution >= 4 is 5.97 Å². The van der Waals surface area contributed by atoms with E-state index in [2.05, 4.69) is 19.2 Å². The smallest absolute Gasteiger partial charge is 0.322 e. The fraction of sp³-hybridized carbons (Fsp3) is 0.562. The zero-order chi connectivity index (χ0) is 15.0. The highest BCUT2D eigenvalue weighted by Crippen LogP contribution is 2.14. The molecule has 0 saturated heterocycles. The number of esters is 1. The van der Waals surface area contributed by atoms with Gasteiger partial charge in [0, 0.05) is 6.54 Å². The Morgan fingerprint density at radius 2 is 2.10 bits per heavy atom. The summed E-state index contributed by atoms with van der Waals surface area (Å²) < 4.78 is 10.3. The third kappa shape index (κ3) is 5.61. The van der Waals surface area contributed by atoms with Crippen molar-refractivity contribution in [3.63, 3.8) is 0 Å². The third-order valence-electron chi connectivity index (χ3n) is 2.95. The standard InChI is InChI=1S/C16H25NO3/c1-5-20-14-8-6-7-13(10-14)11-17-15(9-12(2)3)16(18)19-4/h6-8,10,12,15,17H,5,9,11H2,1-4H3. The lowest BCUT2D eigenvalue weighted by Crippen LogP contribution is -2.38. The summed E-state index contributed by atoms with van der Waals surface area (Å²) in [5, 5.41) is 3.26. The van der Waals surface area contributed by atoms with Crippen LogP contribution in [0.1, 0.15) is 32.8 Å². The van der Waals surface area contributed by atoms with Gasteiger partial charge >= 0.3 is 5.97 Å². The molecular weight excluding hydrogens is 254 g/mol. The van der Waals surface area contributed by atoms with Crippen LogP contribution in [0.25, 0.3) is 0 Å². The van der Waals surface area contributed by atoms with Gasteiger partial charge in [0.25, 0.3) is 0 Å². The minimum atomic E-state index is -0.268. The Labute approximate surface area is 121 Å². The average molecular weight is 279 g/mol. The Morgan fingerprint density at radius 1 is 1.35 bits per heavy atom. The summed E-state index contributed by atoms with van der Waals surface area (Å²) in [5.74, 6) is 1.08. The first-order valence-corrected chi connectivity index (χ1v) is 7.09. The van der Waals surface area contributed by atoms with E-state index in [1.807, 2.05) is 31.2 Å². The summed E-state index contributed by atoms with van der Waals surface area (Å²) in [4.78, 5) is 11.7. The molecule has 0 aliphatic heterocycles. The van der Waals surface area contributed by atoms with Gasteiger partial charge in [-0.15, -0.1) is 0 Å². The van der Waals surface area contributed by atoms with E-state index in [0.29, 0.717) is 19.1 Å². The maximum atomic E-state index is 11.7. The van der Waals surface area contributed by atoms with Crippen LogP contribution in [-0.4, -0.2) is 25.7 Å². The molecule has 1 aromatic carbocycles. The lowest BCUT2D eigenvalue weighted by atomic mass is 10.0. The van der Waals surface area contributed by atoms with Crippen LogP contribution in [0.3, 0.4) is 0 Å². The minimum Gasteiger partial charge on any atom is -0.494 e. The SMILES string of the molecule is CCOc1cccc(CNC(CC(C)C)C(=O)OC)c1. The Bertz CT molecular complexity index is 418. The molecular formula is C16H25NO3. The van der Waals surface area contributed by atoms with E-state index >= 15 is 0 Å². The van der Waals surface area contributed by atoms with Crippen LogP contribution in [0.4, 0.5) is 0 Å². The van der Waals surface area contributed by atoms with Crippen molar-refractivity contribution in [1.82, 2.24) is 5.32 Å². The summed E-state index contributed by atoms with van der Waals surface area (Å²) in [6.07, 6.45) is 0.762. The van der Waals surface area contributed by atoms with Crippen molar-refractivity contribution < 1.29 is 14.3 Å². The van der Waals surface area contributed by atoms with Crippen LogP contribution >= 0.6 is 0 Å². The van der Waals surface area contributed by atoms with E-state index in [4.69, 9.17) is 9.47 Å². The number of carbonyl (C=O) groups is 1. The normalized spacial score (nSPS) is 12.2. The number of hydrogen-bond acceptors (Lipinski definition) is 4. The number of methoxy groups -OCH3 is 1. The highest BCUT2D eigenvalue weighted by atomic mass is 16.5. The molecule has 0 fully saturated rings. The predicted molar refractivity (Wildman–Crippen MR) is 79.7 cm³/mol. The summed E-state index contributed by atoms with van der Waals surface area (Å²) in [6, 6.07) is 7.62. The molecule has 1 rings (SSSR count). The van der Waals surface area contributed by atoms with Crippen LogP contribution in [0.5, 0.6) is 5.75 Å². The Hall–Kier alpha value is -1.55. The fourth-order valence-corrected chi connectivity index (χ4v) is 2.03. The molecule has 112 valence electrons. The number of hydrogen-bond donors (Lipinski definition) is 1. The van der Waals surface area contributed by atoms with Crippen molar-refractivity contribution in [2.75, 3.05) is 13.7 Å². The van der Waals surface area contributed by atoms with Crippen molar-refractivity contribution in [2.24, 2.45) is 5.92 Å². The van der Waals surface area contributed by atoms with Gasteiger partial charge in [-0.3, -0.25) is 4.79 Å². The van der Waals surface area contributed by atoms with Gasteiger partial charge in [-0.2, -0.15) is 0 Å². The van der Waals surface area contributed by atoms with E-state index in [1.165, 1.54) is 7.11 Å². The van der Waals surface area contributed by atoms with E-state index in [0.717, 1.165) is 17.7 Å². The largest absolute Gasteiger partial charge is 0.494 e. The molecule has 0 aromatic heterocycles. The molecule has 0 spiro atoms. The van der Waals surface area contributed by atoms with Crippen LogP contribution in [-0.2, 0) is 16.1 Å². The van der Waals surface area contributed by atoms with Crippen molar-refractivity contribution in [3.8, 4) is 5.75 Å². The zero-order valence-corrected chi connectivity index (χ0v) is 12.8.